The van der Waals surface area contributed by atoms with Gasteiger partial charge in [0, 0.05) is 18.2 Å². The zero-order chi connectivity index (χ0) is 11.3. The molecule has 2 heteroatoms. The summed E-state index contributed by atoms with van der Waals surface area (Å²) in [6, 6.07) is 7.96. The number of nitrogens with one attached hydrogen (secondary N) is 1. The molecular weight excluding hydrogens is 186 g/mol. The van der Waals surface area contributed by atoms with E-state index >= 15 is 0 Å². The minimum absolute atomic E-state index is 0.377. The van der Waals surface area contributed by atoms with Crippen molar-refractivity contribution >= 4 is 0 Å². The molecule has 0 radical (unpaired) electrons. The van der Waals surface area contributed by atoms with Gasteiger partial charge in [-0.15, -0.1) is 0 Å². The zero-order valence-electron chi connectivity index (χ0n) is 9.83. The van der Waals surface area contributed by atoms with Crippen molar-refractivity contribution in [3.05, 3.63) is 29.8 Å². The summed E-state index contributed by atoms with van der Waals surface area (Å²) in [4.78, 5) is 0. The molecule has 1 rings (SSSR count). The first-order valence-corrected chi connectivity index (χ1v) is 5.60. The van der Waals surface area contributed by atoms with Gasteiger partial charge in [0.2, 0.25) is 0 Å². The first kappa shape index (κ1) is 12.1. The lowest BCUT2D eigenvalue weighted by Crippen LogP contribution is -2.26. The maximum absolute atomic E-state index is 9.57. The highest BCUT2D eigenvalue weighted by Gasteiger charge is 2.05. The fourth-order valence-corrected chi connectivity index (χ4v) is 1.73. The summed E-state index contributed by atoms with van der Waals surface area (Å²) in [6.45, 7) is 7.36. The topological polar surface area (TPSA) is 32.3 Å². The molecule has 0 fully saturated rings. The van der Waals surface area contributed by atoms with Crippen LogP contribution in [0.3, 0.4) is 0 Å². The summed E-state index contributed by atoms with van der Waals surface area (Å²) >= 11 is 0. The molecule has 15 heavy (non-hydrogen) atoms. The molecule has 1 aromatic carbocycles. The van der Waals surface area contributed by atoms with Crippen molar-refractivity contribution in [3.63, 3.8) is 0 Å². The third-order valence-electron chi connectivity index (χ3n) is 2.46. The second-order valence-corrected chi connectivity index (χ2v) is 4.54. The monoisotopic (exact) mass is 207 g/mol. The molecule has 0 aliphatic carbocycles. The largest absolute Gasteiger partial charge is 0.508 e. The quantitative estimate of drug-likeness (QED) is 0.778. The Morgan fingerprint density at radius 2 is 1.87 bits per heavy atom. The van der Waals surface area contributed by atoms with E-state index in [1.165, 1.54) is 0 Å². The smallest absolute Gasteiger partial charge is 0.120 e. The van der Waals surface area contributed by atoms with Gasteiger partial charge in [-0.2, -0.15) is 0 Å². The number of aromatic hydroxyl groups is 1. The van der Waals surface area contributed by atoms with Gasteiger partial charge in [-0.1, -0.05) is 32.0 Å². The van der Waals surface area contributed by atoms with Crippen molar-refractivity contribution in [2.24, 2.45) is 5.92 Å². The second kappa shape index (κ2) is 5.76. The molecule has 0 heterocycles. The Bertz CT molecular complexity index is 296. The Morgan fingerprint density at radius 3 is 2.47 bits per heavy atom. The molecule has 0 spiro atoms. The van der Waals surface area contributed by atoms with E-state index in [0.717, 1.165) is 18.5 Å². The van der Waals surface area contributed by atoms with Gasteiger partial charge in [0.25, 0.3) is 0 Å². The van der Waals surface area contributed by atoms with E-state index in [0.29, 0.717) is 17.7 Å². The predicted molar refractivity (Wildman–Crippen MR) is 63.9 cm³/mol. The third kappa shape index (κ3) is 4.34. The number of phenolic OH excluding ortho intramolecular Hbond substituents is 1. The summed E-state index contributed by atoms with van der Waals surface area (Å²) in [7, 11) is 0. The van der Waals surface area contributed by atoms with Gasteiger partial charge in [-0.3, -0.25) is 0 Å². The number of phenols is 1. The Morgan fingerprint density at radius 1 is 1.20 bits per heavy atom. The molecule has 0 saturated heterocycles. The fraction of sp³-hybridized carbons (Fsp3) is 0.538. The van der Waals surface area contributed by atoms with Gasteiger partial charge in [0.1, 0.15) is 5.75 Å². The molecule has 84 valence electrons. The summed E-state index contributed by atoms with van der Waals surface area (Å²) in [5.41, 5.74) is 0.966. The lowest BCUT2D eigenvalue weighted by molar-refractivity contribution is 0.429. The van der Waals surface area contributed by atoms with E-state index < -0.39 is 0 Å². The van der Waals surface area contributed by atoms with E-state index in [2.05, 4.69) is 26.1 Å². The summed E-state index contributed by atoms with van der Waals surface area (Å²) in [5, 5.41) is 13.0. The SMILES string of the molecule is CC(C)C[C@@H](C)NCc1ccccc1O. The van der Waals surface area contributed by atoms with Gasteiger partial charge in [0.05, 0.1) is 0 Å². The Balaban J connectivity index is 2.40. The van der Waals surface area contributed by atoms with Crippen LogP contribution in [0.4, 0.5) is 0 Å². The molecule has 0 aromatic heterocycles. The van der Waals surface area contributed by atoms with Gasteiger partial charge in [-0.25, -0.2) is 0 Å². The van der Waals surface area contributed by atoms with E-state index in [-0.39, 0.29) is 0 Å². The third-order valence-corrected chi connectivity index (χ3v) is 2.46. The van der Waals surface area contributed by atoms with Crippen molar-refractivity contribution in [3.8, 4) is 5.75 Å². The molecule has 0 aliphatic heterocycles. The van der Waals surface area contributed by atoms with Crippen LogP contribution in [0, 0.1) is 5.92 Å². The summed E-state index contributed by atoms with van der Waals surface area (Å²) < 4.78 is 0. The molecule has 2 nitrogen and oxygen atoms in total. The van der Waals surface area contributed by atoms with Crippen molar-refractivity contribution < 1.29 is 5.11 Å². The van der Waals surface area contributed by atoms with Crippen molar-refractivity contribution in [1.82, 2.24) is 5.32 Å². The van der Waals surface area contributed by atoms with Crippen LogP contribution in [0.25, 0.3) is 0 Å². The zero-order valence-corrected chi connectivity index (χ0v) is 9.83. The molecule has 1 aromatic rings. The van der Waals surface area contributed by atoms with Crippen LogP contribution in [-0.4, -0.2) is 11.1 Å². The lowest BCUT2D eigenvalue weighted by atomic mass is 10.0. The van der Waals surface area contributed by atoms with Gasteiger partial charge >= 0.3 is 0 Å². The molecular formula is C13H21NO. The average molecular weight is 207 g/mol. The van der Waals surface area contributed by atoms with Crippen LogP contribution in [0.15, 0.2) is 24.3 Å². The van der Waals surface area contributed by atoms with Crippen LogP contribution in [0.1, 0.15) is 32.8 Å². The lowest BCUT2D eigenvalue weighted by Gasteiger charge is -2.16. The van der Waals surface area contributed by atoms with E-state index in [4.69, 9.17) is 0 Å². The minimum atomic E-state index is 0.377. The Kier molecular flexibility index (Phi) is 4.63. The van der Waals surface area contributed by atoms with Crippen LogP contribution in [0.5, 0.6) is 5.75 Å². The Hall–Kier alpha value is -1.02. The number of rotatable bonds is 5. The van der Waals surface area contributed by atoms with Gasteiger partial charge in [0.15, 0.2) is 0 Å². The van der Waals surface area contributed by atoms with E-state index in [1.807, 2.05) is 18.2 Å². The summed E-state index contributed by atoms with van der Waals surface area (Å²) in [6.07, 6.45) is 1.16. The average Bonchev–Trinajstić information content (AvgIpc) is 2.15. The van der Waals surface area contributed by atoms with Crippen LogP contribution >= 0.6 is 0 Å². The standard InChI is InChI=1S/C13H21NO/c1-10(2)8-11(3)14-9-12-6-4-5-7-13(12)15/h4-7,10-11,14-15H,8-9H2,1-3H3/t11-/m1/s1. The highest BCUT2D eigenvalue weighted by atomic mass is 16.3. The van der Waals surface area contributed by atoms with Crippen LogP contribution in [-0.2, 0) is 6.54 Å². The van der Waals surface area contributed by atoms with Gasteiger partial charge in [-0.05, 0) is 25.3 Å². The molecule has 0 aliphatic rings. The molecule has 0 unspecified atom stereocenters. The molecule has 2 N–H and O–H groups in total. The van der Waals surface area contributed by atoms with Gasteiger partial charge < -0.3 is 10.4 Å². The van der Waals surface area contributed by atoms with Crippen LogP contribution in [0.2, 0.25) is 0 Å². The maximum Gasteiger partial charge on any atom is 0.120 e. The molecule has 1 atom stereocenters. The van der Waals surface area contributed by atoms with Crippen LogP contribution < -0.4 is 5.32 Å². The highest BCUT2D eigenvalue weighted by molar-refractivity contribution is 5.31. The summed E-state index contributed by atoms with van der Waals surface area (Å²) in [5.74, 6) is 1.08. The van der Waals surface area contributed by atoms with E-state index in [9.17, 15) is 5.11 Å². The molecule has 0 amide bonds. The highest BCUT2D eigenvalue weighted by Crippen LogP contribution is 2.15. The molecule has 0 saturated carbocycles. The van der Waals surface area contributed by atoms with Crippen molar-refractivity contribution in [2.75, 3.05) is 0 Å². The van der Waals surface area contributed by atoms with Crippen molar-refractivity contribution in [1.29, 1.82) is 0 Å². The number of benzene rings is 1. The normalized spacial score (nSPS) is 13.1. The number of para-hydroxylation sites is 1. The molecule has 0 bridgehead atoms. The Labute approximate surface area is 92.3 Å². The number of hydrogen-bond donors (Lipinski definition) is 2. The van der Waals surface area contributed by atoms with Crippen molar-refractivity contribution in [2.45, 2.75) is 39.8 Å². The number of hydrogen-bond acceptors (Lipinski definition) is 2. The maximum atomic E-state index is 9.57. The fourth-order valence-electron chi connectivity index (χ4n) is 1.73. The van der Waals surface area contributed by atoms with E-state index in [1.54, 1.807) is 6.07 Å². The second-order valence-electron chi connectivity index (χ2n) is 4.54. The predicted octanol–water partition coefficient (Wildman–Crippen LogP) is 2.92. The first-order valence-electron chi connectivity index (χ1n) is 5.60. The minimum Gasteiger partial charge on any atom is -0.508 e. The first-order chi connectivity index (χ1) is 7.09.